The Morgan fingerprint density at radius 3 is 2.43 bits per heavy atom. The number of alkyl halides is 3. The van der Waals surface area contributed by atoms with Crippen molar-refractivity contribution in [3.05, 3.63) is 54.0 Å². The van der Waals surface area contributed by atoms with Crippen LogP contribution in [0.5, 0.6) is 0 Å². The number of aromatic nitrogens is 2. The van der Waals surface area contributed by atoms with Crippen LogP contribution in [-0.2, 0) is 17.5 Å². The summed E-state index contributed by atoms with van der Waals surface area (Å²) in [6.45, 7) is 5.74. The molecule has 7 nitrogen and oxygen atoms in total. The number of piperidine rings is 2. The van der Waals surface area contributed by atoms with Crippen molar-refractivity contribution in [2.75, 3.05) is 38.1 Å². The number of amides is 1. The molecule has 2 fully saturated rings. The van der Waals surface area contributed by atoms with Crippen LogP contribution in [0, 0.1) is 5.92 Å². The van der Waals surface area contributed by atoms with Gasteiger partial charge in [-0.15, -0.1) is 0 Å². The average molecular weight is 492 g/mol. The van der Waals surface area contributed by atoms with E-state index >= 15 is 0 Å². The lowest BCUT2D eigenvalue weighted by molar-refractivity contribution is -0.141. The first-order chi connectivity index (χ1) is 16.7. The first kappa shape index (κ1) is 25.2. The molecular formula is C25H32F3N5O2. The van der Waals surface area contributed by atoms with Crippen LogP contribution in [-0.4, -0.2) is 71.2 Å². The van der Waals surface area contributed by atoms with Gasteiger partial charge in [-0.05, 0) is 30.7 Å². The lowest BCUT2D eigenvalue weighted by Gasteiger charge is -2.42. The molecule has 1 aromatic carbocycles. The lowest BCUT2D eigenvalue weighted by atomic mass is 9.92. The third kappa shape index (κ3) is 6.42. The van der Waals surface area contributed by atoms with Crippen molar-refractivity contribution in [3.63, 3.8) is 0 Å². The smallest absolute Gasteiger partial charge is 0.434 e. The van der Waals surface area contributed by atoms with E-state index in [0.29, 0.717) is 18.9 Å². The highest BCUT2D eigenvalue weighted by atomic mass is 19.4. The minimum Gasteiger partial charge on any atom is -0.446 e. The second-order valence-electron chi connectivity index (χ2n) is 9.49. The standard InChI is InChI=1S/C25H32F3N5O2/c1-18-8-13-33(17-21(18)31(2)23-15-29-22(14-30-23)25(26,27)28)24(34)35-20-9-11-32(12-10-20)16-19-6-4-3-5-7-19/h3-7,14-15,18,20-21H,8-13,16-17H2,1-2H3/t18-,21-/m0/s1. The monoisotopic (exact) mass is 491 g/mol. The minimum absolute atomic E-state index is 0.102. The first-order valence-corrected chi connectivity index (χ1v) is 12.0. The van der Waals surface area contributed by atoms with E-state index in [0.717, 1.165) is 51.3 Å². The molecule has 0 N–H and O–H groups in total. The van der Waals surface area contributed by atoms with Gasteiger partial charge in [0.2, 0.25) is 0 Å². The number of likely N-dealkylation sites (N-methyl/N-ethyl adjacent to an activating group) is 1. The summed E-state index contributed by atoms with van der Waals surface area (Å²) in [5.74, 6) is 0.574. The Bertz CT molecular complexity index is 965. The van der Waals surface area contributed by atoms with E-state index < -0.39 is 11.9 Å². The molecule has 3 heterocycles. The molecule has 2 aliphatic rings. The first-order valence-electron chi connectivity index (χ1n) is 12.0. The van der Waals surface area contributed by atoms with E-state index in [4.69, 9.17) is 4.74 Å². The summed E-state index contributed by atoms with van der Waals surface area (Å²) in [4.78, 5) is 26.3. The molecule has 190 valence electrons. The Labute approximate surface area is 203 Å². The Morgan fingerprint density at radius 1 is 1.09 bits per heavy atom. The van der Waals surface area contributed by atoms with Crippen LogP contribution < -0.4 is 4.90 Å². The van der Waals surface area contributed by atoms with Crippen molar-refractivity contribution in [2.45, 2.75) is 51.1 Å². The van der Waals surface area contributed by atoms with Crippen molar-refractivity contribution in [3.8, 4) is 0 Å². The zero-order valence-electron chi connectivity index (χ0n) is 20.1. The highest BCUT2D eigenvalue weighted by molar-refractivity contribution is 5.68. The highest BCUT2D eigenvalue weighted by Gasteiger charge is 2.36. The predicted octanol–water partition coefficient (Wildman–Crippen LogP) is 4.44. The molecule has 0 bridgehead atoms. The van der Waals surface area contributed by atoms with E-state index in [1.54, 1.807) is 16.8 Å². The summed E-state index contributed by atoms with van der Waals surface area (Å²) in [6.07, 6.45) is -0.707. The van der Waals surface area contributed by atoms with Gasteiger partial charge in [0, 0.05) is 39.8 Å². The number of hydrogen-bond donors (Lipinski definition) is 0. The third-order valence-corrected chi connectivity index (χ3v) is 7.02. The number of carbonyl (C=O) groups excluding carboxylic acids is 1. The molecule has 0 saturated carbocycles. The zero-order chi connectivity index (χ0) is 25.0. The third-order valence-electron chi connectivity index (χ3n) is 7.02. The van der Waals surface area contributed by atoms with Gasteiger partial charge in [0.25, 0.3) is 0 Å². The molecule has 2 saturated heterocycles. The van der Waals surface area contributed by atoms with Crippen LogP contribution >= 0.6 is 0 Å². The number of benzene rings is 1. The number of nitrogens with zero attached hydrogens (tertiary/aromatic N) is 5. The molecule has 0 spiro atoms. The molecule has 2 aliphatic heterocycles. The van der Waals surface area contributed by atoms with Gasteiger partial charge in [0.05, 0.1) is 18.4 Å². The quantitative estimate of drug-likeness (QED) is 0.616. The maximum absolute atomic E-state index is 12.9. The molecule has 0 radical (unpaired) electrons. The summed E-state index contributed by atoms with van der Waals surface area (Å²) >= 11 is 0. The van der Waals surface area contributed by atoms with Crippen LogP contribution in [0.1, 0.15) is 37.4 Å². The molecule has 35 heavy (non-hydrogen) atoms. The number of rotatable bonds is 5. The summed E-state index contributed by atoms with van der Waals surface area (Å²) in [5, 5.41) is 0. The van der Waals surface area contributed by atoms with Crippen LogP contribution in [0.4, 0.5) is 23.8 Å². The molecule has 10 heteroatoms. The lowest BCUT2D eigenvalue weighted by Crippen LogP contribution is -2.53. The fourth-order valence-corrected chi connectivity index (χ4v) is 4.78. The Morgan fingerprint density at radius 2 is 1.80 bits per heavy atom. The second-order valence-corrected chi connectivity index (χ2v) is 9.49. The van der Waals surface area contributed by atoms with Crippen LogP contribution in [0.2, 0.25) is 0 Å². The zero-order valence-corrected chi connectivity index (χ0v) is 20.1. The van der Waals surface area contributed by atoms with Gasteiger partial charge in [-0.3, -0.25) is 4.90 Å². The van der Waals surface area contributed by atoms with Crippen molar-refractivity contribution in [2.24, 2.45) is 5.92 Å². The largest absolute Gasteiger partial charge is 0.446 e. The SMILES string of the molecule is C[C@H]1CCN(C(=O)OC2CCN(Cc3ccccc3)CC2)C[C@@H]1N(C)c1cnc(C(F)(F)F)cn1. The fraction of sp³-hybridized carbons (Fsp3) is 0.560. The highest BCUT2D eigenvalue weighted by Crippen LogP contribution is 2.29. The Hall–Kier alpha value is -2.88. The number of hydrogen-bond acceptors (Lipinski definition) is 6. The maximum Gasteiger partial charge on any atom is 0.434 e. The number of anilines is 1. The van der Waals surface area contributed by atoms with Crippen molar-refractivity contribution in [1.29, 1.82) is 0 Å². The van der Waals surface area contributed by atoms with Gasteiger partial charge in [0.15, 0.2) is 5.69 Å². The number of ether oxygens (including phenoxy) is 1. The predicted molar refractivity (Wildman–Crippen MR) is 126 cm³/mol. The molecular weight excluding hydrogens is 459 g/mol. The summed E-state index contributed by atoms with van der Waals surface area (Å²) in [7, 11) is 1.77. The number of likely N-dealkylation sites (tertiary alicyclic amines) is 2. The summed E-state index contributed by atoms with van der Waals surface area (Å²) in [5.41, 5.74) is 0.254. The average Bonchev–Trinajstić information content (AvgIpc) is 2.85. The van der Waals surface area contributed by atoms with Crippen molar-refractivity contribution in [1.82, 2.24) is 19.8 Å². The molecule has 2 aromatic rings. The van der Waals surface area contributed by atoms with Gasteiger partial charge in [0.1, 0.15) is 11.9 Å². The van der Waals surface area contributed by atoms with E-state index in [9.17, 15) is 18.0 Å². The fourth-order valence-electron chi connectivity index (χ4n) is 4.78. The second kappa shape index (κ2) is 10.8. The molecule has 1 aromatic heterocycles. The van der Waals surface area contributed by atoms with E-state index in [-0.39, 0.29) is 24.2 Å². The van der Waals surface area contributed by atoms with E-state index in [1.165, 1.54) is 5.56 Å². The Kier molecular flexibility index (Phi) is 7.78. The minimum atomic E-state index is -4.53. The van der Waals surface area contributed by atoms with Crippen LogP contribution in [0.3, 0.4) is 0 Å². The van der Waals surface area contributed by atoms with E-state index in [1.807, 2.05) is 18.2 Å². The number of halogens is 3. The Balaban J connectivity index is 1.29. The van der Waals surface area contributed by atoms with Crippen LogP contribution in [0.15, 0.2) is 42.7 Å². The molecule has 4 rings (SSSR count). The van der Waals surface area contributed by atoms with Crippen molar-refractivity contribution < 1.29 is 22.7 Å². The summed E-state index contributed by atoms with van der Waals surface area (Å²) in [6, 6.07) is 10.2. The molecule has 0 aliphatic carbocycles. The van der Waals surface area contributed by atoms with Gasteiger partial charge < -0.3 is 14.5 Å². The molecule has 1 amide bonds. The molecule has 0 unspecified atom stereocenters. The maximum atomic E-state index is 12.9. The van der Waals surface area contributed by atoms with Crippen molar-refractivity contribution >= 4 is 11.9 Å². The van der Waals surface area contributed by atoms with Gasteiger partial charge in [-0.2, -0.15) is 13.2 Å². The topological polar surface area (TPSA) is 61.8 Å². The normalized spacial score (nSPS) is 22.1. The molecule has 2 atom stereocenters. The van der Waals surface area contributed by atoms with E-state index in [2.05, 4.69) is 33.9 Å². The van der Waals surface area contributed by atoms with Gasteiger partial charge in [-0.25, -0.2) is 14.8 Å². The van der Waals surface area contributed by atoms with Crippen LogP contribution in [0.25, 0.3) is 0 Å². The summed E-state index contributed by atoms with van der Waals surface area (Å²) < 4.78 is 44.3. The van der Waals surface area contributed by atoms with Gasteiger partial charge in [-0.1, -0.05) is 37.3 Å². The van der Waals surface area contributed by atoms with Gasteiger partial charge >= 0.3 is 12.3 Å². The number of carbonyl (C=O) groups is 1.